The Morgan fingerprint density at radius 2 is 1.45 bits per heavy atom. The first-order chi connectivity index (χ1) is 27.1. The van der Waals surface area contributed by atoms with Gasteiger partial charge in [-0.2, -0.15) is 44.8 Å². The molecule has 0 aliphatic heterocycles. The number of halogens is 9. The zero-order chi connectivity index (χ0) is 43.1. The first-order valence-electron chi connectivity index (χ1n) is 20.2. The molecule has 3 aliphatic carbocycles. The van der Waals surface area contributed by atoms with Gasteiger partial charge < -0.3 is 28.2 Å². The van der Waals surface area contributed by atoms with Crippen molar-refractivity contribution in [3.63, 3.8) is 0 Å². The lowest BCUT2D eigenvalue weighted by molar-refractivity contribution is -0.457. The Labute approximate surface area is 338 Å². The largest absolute Gasteiger partial charge is 0.494 e. The number of nitrogens with zero attached hydrogens (tertiary/aromatic N) is 3. The molecular formula is C40H59F9N3O5P. The molecule has 0 bridgehead atoms. The van der Waals surface area contributed by atoms with E-state index in [2.05, 4.69) is 68.3 Å². The average Bonchev–Trinajstić information content (AvgIpc) is 3.45. The molecule has 2 fully saturated rings. The first-order valence-corrected chi connectivity index (χ1v) is 21.3. The summed E-state index contributed by atoms with van der Waals surface area (Å²) in [5, 5.41) is 8.92. The Morgan fingerprint density at radius 1 is 0.828 bits per heavy atom. The van der Waals surface area contributed by atoms with Crippen LogP contribution in [-0.4, -0.2) is 105 Å². The summed E-state index contributed by atoms with van der Waals surface area (Å²) in [5.41, 5.74) is -3.70. The van der Waals surface area contributed by atoms with Gasteiger partial charge in [0.2, 0.25) is 0 Å². The van der Waals surface area contributed by atoms with Crippen LogP contribution < -0.4 is 4.74 Å². The molecule has 0 N–H and O–H groups in total. The molecule has 332 valence electrons. The molecule has 1 aromatic carbocycles. The highest BCUT2D eigenvalue weighted by Crippen LogP contribution is 2.62. The molecule has 0 saturated heterocycles. The van der Waals surface area contributed by atoms with E-state index in [0.29, 0.717) is 44.0 Å². The van der Waals surface area contributed by atoms with Crippen molar-refractivity contribution in [2.24, 2.45) is 17.3 Å². The molecule has 0 spiro atoms. The topological polar surface area (TPSA) is 76.4 Å². The van der Waals surface area contributed by atoms with Crippen molar-refractivity contribution in [3.8, 4) is 11.8 Å². The van der Waals surface area contributed by atoms with E-state index in [9.17, 15) is 39.5 Å². The maximum absolute atomic E-state index is 13.2. The highest BCUT2D eigenvalue weighted by molar-refractivity contribution is 7.44. The number of nitriles is 1. The van der Waals surface area contributed by atoms with Crippen LogP contribution in [0.4, 0.5) is 39.5 Å². The quantitative estimate of drug-likeness (QED) is 0.0687. The average molecular weight is 864 g/mol. The molecular weight excluding hydrogens is 804 g/mol. The van der Waals surface area contributed by atoms with Gasteiger partial charge >= 0.3 is 24.1 Å². The summed E-state index contributed by atoms with van der Waals surface area (Å²) in [4.78, 5) is 1.30. The molecule has 58 heavy (non-hydrogen) atoms. The molecule has 2 saturated carbocycles. The van der Waals surface area contributed by atoms with Crippen molar-refractivity contribution >= 4 is 8.53 Å². The zero-order valence-electron chi connectivity index (χ0n) is 34.2. The van der Waals surface area contributed by atoms with Crippen LogP contribution in [0.1, 0.15) is 103 Å². The zero-order valence-corrected chi connectivity index (χ0v) is 35.1. The van der Waals surface area contributed by atoms with Gasteiger partial charge in [-0.15, -0.1) is 0 Å². The van der Waals surface area contributed by atoms with E-state index in [1.165, 1.54) is 23.1 Å². The van der Waals surface area contributed by atoms with E-state index in [1.54, 1.807) is 0 Å². The molecule has 0 heterocycles. The van der Waals surface area contributed by atoms with E-state index in [4.69, 9.17) is 23.8 Å². The summed E-state index contributed by atoms with van der Waals surface area (Å²) in [6, 6.07) is 9.01. The normalized spacial score (nSPS) is 24.6. The molecule has 3 aliphatic rings. The van der Waals surface area contributed by atoms with Crippen LogP contribution >= 0.6 is 8.53 Å². The summed E-state index contributed by atoms with van der Waals surface area (Å²) in [7, 11) is 0.105. The van der Waals surface area contributed by atoms with Gasteiger partial charge in [0, 0.05) is 25.2 Å². The number of alkyl halides is 9. The number of hydrogen-bond donors (Lipinski definition) is 0. The fourth-order valence-corrected chi connectivity index (χ4v) is 10.9. The number of aryl methyl sites for hydroxylation is 1. The summed E-state index contributed by atoms with van der Waals surface area (Å²) >= 11 is 0. The minimum atomic E-state index is -6.75. The Hall–Kier alpha value is -1.93. The second-order valence-corrected chi connectivity index (χ2v) is 18.0. The summed E-state index contributed by atoms with van der Waals surface area (Å²) in [6.07, 6.45) is -12.7. The highest BCUT2D eigenvalue weighted by atomic mass is 31.2. The standard InChI is InChI=1S/C40H59F9N3O5P/c1-27(2)52(28(3)4)58(57-23-9-18-50)56-22-8-7-21-53-30-11-13-31-29(26-30)10-12-33-32(31)16-17-36(5)34(33)14-15-35(36)54-24-19-51(6)20-25-55-37(38(41,42)43,39(44,45)46)40(47,48)49/h11,13,26-28,32-35H,7-10,12,14-17,19-25H2,1-6H3/t32?,33?,34?,35-,36-,58?/m0/s1. The van der Waals surface area contributed by atoms with Crippen LogP contribution in [0.5, 0.6) is 5.75 Å². The van der Waals surface area contributed by atoms with E-state index < -0.39 is 45.8 Å². The van der Waals surface area contributed by atoms with Crippen molar-refractivity contribution in [1.29, 1.82) is 5.26 Å². The van der Waals surface area contributed by atoms with Crippen LogP contribution in [0.15, 0.2) is 18.2 Å². The fraction of sp³-hybridized carbons (Fsp3) is 0.825. The van der Waals surface area contributed by atoms with Crippen LogP contribution in [0, 0.1) is 28.6 Å². The Morgan fingerprint density at radius 3 is 2.07 bits per heavy atom. The van der Waals surface area contributed by atoms with Crippen molar-refractivity contribution < 1.29 is 62.8 Å². The van der Waals surface area contributed by atoms with Gasteiger partial charge in [0.25, 0.3) is 8.53 Å². The highest BCUT2D eigenvalue weighted by Gasteiger charge is 2.85. The molecule has 1 aromatic rings. The SMILES string of the molecule is CC(C)N(C(C)C)P(OCCC#N)OCCCCOc1ccc2c(c1)CCC1C2CC[C@@]2(C)C1CC[C@@H]2OCCN(C)CCOC(C(F)(F)F)(C(F)(F)F)C(F)(F)F. The molecule has 0 amide bonds. The minimum Gasteiger partial charge on any atom is -0.494 e. The second-order valence-electron chi connectivity index (χ2n) is 16.5. The number of ether oxygens (including phenoxy) is 3. The Balaban J connectivity index is 1.23. The van der Waals surface area contributed by atoms with Crippen LogP contribution in [0.2, 0.25) is 0 Å². The molecule has 0 radical (unpaired) electrons. The predicted molar refractivity (Wildman–Crippen MR) is 201 cm³/mol. The second kappa shape index (κ2) is 20.3. The van der Waals surface area contributed by atoms with Crippen LogP contribution in [0.25, 0.3) is 0 Å². The van der Waals surface area contributed by atoms with Crippen molar-refractivity contribution in [2.45, 2.75) is 141 Å². The first kappa shape index (κ1) is 48.7. The van der Waals surface area contributed by atoms with Gasteiger partial charge in [0.15, 0.2) is 0 Å². The molecule has 4 rings (SSSR count). The molecule has 18 heteroatoms. The number of fused-ring (bicyclic) bond motifs is 5. The number of rotatable bonds is 21. The third-order valence-corrected chi connectivity index (χ3v) is 14.2. The third kappa shape index (κ3) is 11.1. The Kier molecular flexibility index (Phi) is 17.1. The summed E-state index contributed by atoms with van der Waals surface area (Å²) in [6.45, 7) is 10.2. The lowest BCUT2D eigenvalue weighted by Gasteiger charge is -2.50. The number of likely N-dealkylation sites (N-methyl/N-ethyl adjacent to an activating group) is 1. The predicted octanol–water partition coefficient (Wildman–Crippen LogP) is 10.8. The van der Waals surface area contributed by atoms with Gasteiger partial charge in [-0.05, 0) is 133 Å². The van der Waals surface area contributed by atoms with Crippen LogP contribution in [0.3, 0.4) is 0 Å². The van der Waals surface area contributed by atoms with E-state index >= 15 is 0 Å². The molecule has 4 unspecified atom stereocenters. The lowest BCUT2D eigenvalue weighted by Crippen LogP contribution is -2.68. The van der Waals surface area contributed by atoms with Gasteiger partial charge in [0.05, 0.1) is 51.6 Å². The third-order valence-electron chi connectivity index (χ3n) is 12.1. The number of hydrogen-bond acceptors (Lipinski definition) is 8. The van der Waals surface area contributed by atoms with Gasteiger partial charge in [-0.1, -0.05) is 13.0 Å². The van der Waals surface area contributed by atoms with Crippen molar-refractivity contribution in [1.82, 2.24) is 9.57 Å². The van der Waals surface area contributed by atoms with Gasteiger partial charge in [-0.3, -0.25) is 0 Å². The van der Waals surface area contributed by atoms with E-state index in [0.717, 1.165) is 57.1 Å². The minimum absolute atomic E-state index is 0.0883. The number of benzene rings is 1. The smallest absolute Gasteiger partial charge is 0.435 e. The molecule has 6 atom stereocenters. The maximum Gasteiger partial charge on any atom is 0.435 e. The maximum atomic E-state index is 13.2. The fourth-order valence-electron chi connectivity index (χ4n) is 9.27. The summed E-state index contributed by atoms with van der Waals surface area (Å²) in [5.74, 6) is 2.15. The molecule has 8 nitrogen and oxygen atoms in total. The number of unbranched alkanes of at least 4 members (excludes halogenated alkanes) is 1. The monoisotopic (exact) mass is 863 g/mol. The van der Waals surface area contributed by atoms with Gasteiger partial charge in [0.1, 0.15) is 5.75 Å². The van der Waals surface area contributed by atoms with E-state index in [-0.39, 0.29) is 36.8 Å². The van der Waals surface area contributed by atoms with Crippen molar-refractivity contribution in [3.05, 3.63) is 29.3 Å². The summed E-state index contributed by atoms with van der Waals surface area (Å²) < 4.78 is 149. The van der Waals surface area contributed by atoms with Gasteiger partial charge in [-0.25, -0.2) is 4.67 Å². The van der Waals surface area contributed by atoms with Crippen molar-refractivity contribution in [2.75, 3.05) is 53.2 Å². The lowest BCUT2D eigenvalue weighted by atomic mass is 9.55. The molecule has 0 aromatic heterocycles. The van der Waals surface area contributed by atoms with Crippen LogP contribution in [-0.2, 0) is 24.9 Å². The Bertz CT molecular complexity index is 1450. The van der Waals surface area contributed by atoms with E-state index in [1.807, 2.05) is 0 Å².